The summed E-state index contributed by atoms with van der Waals surface area (Å²) in [5.41, 5.74) is 2.15. The van der Waals surface area contributed by atoms with Crippen molar-refractivity contribution in [2.24, 2.45) is 4.99 Å². The molecule has 0 aromatic heterocycles. The first kappa shape index (κ1) is 22.5. The molecule has 5 nitrogen and oxygen atoms in total. The van der Waals surface area contributed by atoms with E-state index in [0.29, 0.717) is 13.0 Å². The van der Waals surface area contributed by atoms with E-state index in [-0.39, 0.29) is 29.9 Å². The molecule has 2 aromatic rings. The lowest BCUT2D eigenvalue weighted by Gasteiger charge is -2.16. The van der Waals surface area contributed by atoms with Crippen LogP contribution in [-0.4, -0.2) is 37.8 Å². The van der Waals surface area contributed by atoms with Gasteiger partial charge in [0.1, 0.15) is 0 Å². The van der Waals surface area contributed by atoms with Gasteiger partial charge in [0.25, 0.3) is 0 Å². The van der Waals surface area contributed by atoms with Gasteiger partial charge in [-0.15, -0.1) is 35.7 Å². The highest BCUT2D eigenvalue weighted by atomic mass is 127. The number of hydrogen-bond acceptors (Lipinski definition) is 3. The Hall–Kier alpha value is -1.74. The zero-order valence-corrected chi connectivity index (χ0v) is 19.2. The molecule has 2 N–H and O–H groups in total. The predicted octanol–water partition coefficient (Wildman–Crippen LogP) is 3.89. The summed E-state index contributed by atoms with van der Waals surface area (Å²) in [4.78, 5) is 19.2. The van der Waals surface area contributed by atoms with Crippen molar-refractivity contribution >= 4 is 53.3 Å². The lowest BCUT2D eigenvalue weighted by molar-refractivity contribution is -0.117. The number of aliphatic imine (C=N–C) groups is 1. The fourth-order valence-corrected chi connectivity index (χ4v) is 3.77. The fraction of sp³-hybridized carbons (Fsp3) is 0.333. The summed E-state index contributed by atoms with van der Waals surface area (Å²) in [5, 5.41) is 6.67. The third kappa shape index (κ3) is 6.70. The largest absolute Gasteiger partial charge is 0.356 e. The number of nitrogens with zero attached hydrogens (tertiary/aromatic N) is 2. The monoisotopic (exact) mass is 510 g/mol. The molecular weight excluding hydrogens is 483 g/mol. The summed E-state index contributed by atoms with van der Waals surface area (Å²) in [6.07, 6.45) is 1.61. The van der Waals surface area contributed by atoms with E-state index in [1.807, 2.05) is 34.9 Å². The number of halogens is 1. The number of carbonyl (C=O) groups is 1. The van der Waals surface area contributed by atoms with Gasteiger partial charge < -0.3 is 15.5 Å². The Morgan fingerprint density at radius 2 is 1.86 bits per heavy atom. The quantitative estimate of drug-likeness (QED) is 0.195. The zero-order chi connectivity index (χ0) is 18.9. The minimum absolute atomic E-state index is 0. The molecule has 0 saturated carbocycles. The molecule has 1 aliphatic heterocycles. The summed E-state index contributed by atoms with van der Waals surface area (Å²) in [5.74, 6) is 1.99. The molecule has 0 aliphatic carbocycles. The molecule has 1 saturated heterocycles. The Balaban J connectivity index is 0.00000280. The number of amides is 1. The maximum absolute atomic E-state index is 11.8. The second-order valence-electron chi connectivity index (χ2n) is 6.33. The van der Waals surface area contributed by atoms with Gasteiger partial charge in [-0.05, 0) is 36.2 Å². The molecule has 1 fully saturated rings. The van der Waals surface area contributed by atoms with Crippen molar-refractivity contribution in [3.8, 4) is 0 Å². The predicted molar refractivity (Wildman–Crippen MR) is 129 cm³/mol. The van der Waals surface area contributed by atoms with Gasteiger partial charge in [-0.2, -0.15) is 0 Å². The fourth-order valence-electron chi connectivity index (χ4n) is 2.98. The van der Waals surface area contributed by atoms with E-state index in [1.165, 1.54) is 4.90 Å². The Labute approximate surface area is 188 Å². The molecule has 0 unspecified atom stereocenters. The molecule has 2 aromatic carbocycles. The van der Waals surface area contributed by atoms with Crippen LogP contribution in [0.15, 0.2) is 64.5 Å². The smallest absolute Gasteiger partial charge is 0.227 e. The van der Waals surface area contributed by atoms with Crippen LogP contribution in [0.3, 0.4) is 0 Å². The van der Waals surface area contributed by atoms with Crippen LogP contribution in [0, 0.1) is 0 Å². The van der Waals surface area contributed by atoms with Crippen molar-refractivity contribution < 1.29 is 4.79 Å². The molecule has 150 valence electrons. The Kier molecular flexibility index (Phi) is 9.63. The number of guanidine groups is 1. The molecule has 3 rings (SSSR count). The van der Waals surface area contributed by atoms with E-state index < -0.39 is 0 Å². The second kappa shape index (κ2) is 12.0. The average Bonchev–Trinajstić information content (AvgIpc) is 3.14. The van der Waals surface area contributed by atoms with E-state index in [9.17, 15) is 4.79 Å². The molecule has 0 radical (unpaired) electrons. The van der Waals surface area contributed by atoms with Gasteiger partial charge in [0.15, 0.2) is 5.96 Å². The number of benzene rings is 2. The van der Waals surface area contributed by atoms with E-state index >= 15 is 0 Å². The summed E-state index contributed by atoms with van der Waals surface area (Å²) in [6, 6.07) is 18.6. The molecule has 1 amide bonds. The number of anilines is 1. The van der Waals surface area contributed by atoms with E-state index in [4.69, 9.17) is 0 Å². The number of thioether (sulfide) groups is 1. The summed E-state index contributed by atoms with van der Waals surface area (Å²) in [6.45, 7) is 2.36. The molecule has 28 heavy (non-hydrogen) atoms. The van der Waals surface area contributed by atoms with Crippen molar-refractivity contribution in [2.75, 3.05) is 30.8 Å². The molecule has 0 bridgehead atoms. The number of carbonyl (C=O) groups excluding carboxylic acids is 1. The van der Waals surface area contributed by atoms with E-state index in [2.05, 4.69) is 52.0 Å². The third-order valence-corrected chi connectivity index (χ3v) is 5.43. The molecule has 0 atom stereocenters. The van der Waals surface area contributed by atoms with Crippen LogP contribution < -0.4 is 15.5 Å². The molecule has 7 heteroatoms. The highest BCUT2D eigenvalue weighted by Crippen LogP contribution is 2.21. The normalized spacial score (nSPS) is 14.0. The Morgan fingerprint density at radius 3 is 2.50 bits per heavy atom. The van der Waals surface area contributed by atoms with Crippen molar-refractivity contribution in [1.29, 1.82) is 0 Å². The molecule has 0 spiro atoms. The van der Waals surface area contributed by atoms with Crippen LogP contribution >= 0.6 is 35.7 Å². The Bertz CT molecular complexity index is 768. The minimum atomic E-state index is 0. The van der Waals surface area contributed by atoms with E-state index in [0.717, 1.165) is 42.5 Å². The highest BCUT2D eigenvalue weighted by Gasteiger charge is 2.21. The first-order valence-corrected chi connectivity index (χ1v) is 10.3. The van der Waals surface area contributed by atoms with Crippen molar-refractivity contribution in [1.82, 2.24) is 10.6 Å². The topological polar surface area (TPSA) is 56.7 Å². The standard InChI is InChI=1S/C21H26N4OS.HI/c1-22-21(23-13-15-27-19-6-3-2-4-7-19)24-16-17-9-11-18(12-10-17)25-14-5-8-20(25)26;/h2-4,6-7,9-12H,5,8,13-16H2,1H3,(H2,22,23,24);1H. The second-order valence-corrected chi connectivity index (χ2v) is 7.50. The van der Waals surface area contributed by atoms with Crippen LogP contribution in [0.5, 0.6) is 0 Å². The zero-order valence-electron chi connectivity index (χ0n) is 16.1. The minimum Gasteiger partial charge on any atom is -0.356 e. The van der Waals surface area contributed by atoms with Crippen molar-refractivity contribution in [3.63, 3.8) is 0 Å². The van der Waals surface area contributed by atoms with Crippen LogP contribution in [0.2, 0.25) is 0 Å². The van der Waals surface area contributed by atoms with Crippen LogP contribution in [0.4, 0.5) is 5.69 Å². The van der Waals surface area contributed by atoms with Crippen LogP contribution in [-0.2, 0) is 11.3 Å². The number of nitrogens with one attached hydrogen (secondary N) is 2. The first-order valence-electron chi connectivity index (χ1n) is 9.28. The molecule has 1 aliphatic rings. The van der Waals surface area contributed by atoms with Gasteiger partial charge in [-0.1, -0.05) is 30.3 Å². The SMILES string of the molecule is CN=C(NCCSc1ccccc1)NCc1ccc(N2CCCC2=O)cc1.I. The highest BCUT2D eigenvalue weighted by molar-refractivity contribution is 14.0. The molecule has 1 heterocycles. The first-order chi connectivity index (χ1) is 13.3. The number of hydrogen-bond donors (Lipinski definition) is 2. The lowest BCUT2D eigenvalue weighted by atomic mass is 10.2. The van der Waals surface area contributed by atoms with Gasteiger partial charge in [0.05, 0.1) is 0 Å². The lowest BCUT2D eigenvalue weighted by Crippen LogP contribution is -2.37. The van der Waals surface area contributed by atoms with Gasteiger partial charge in [-0.25, -0.2) is 0 Å². The summed E-state index contributed by atoms with van der Waals surface area (Å²) < 4.78 is 0. The Morgan fingerprint density at radius 1 is 1.11 bits per heavy atom. The van der Waals surface area contributed by atoms with Crippen LogP contribution in [0.25, 0.3) is 0 Å². The van der Waals surface area contributed by atoms with Gasteiger partial charge in [0, 0.05) is 49.4 Å². The van der Waals surface area contributed by atoms with Gasteiger partial charge in [0.2, 0.25) is 5.91 Å². The van der Waals surface area contributed by atoms with Crippen LogP contribution in [0.1, 0.15) is 18.4 Å². The maximum atomic E-state index is 11.8. The summed E-state index contributed by atoms with van der Waals surface area (Å²) >= 11 is 1.82. The van der Waals surface area contributed by atoms with Gasteiger partial charge in [-0.3, -0.25) is 9.79 Å². The summed E-state index contributed by atoms with van der Waals surface area (Å²) in [7, 11) is 1.78. The van der Waals surface area contributed by atoms with Crippen molar-refractivity contribution in [2.45, 2.75) is 24.3 Å². The molecular formula is C21H27IN4OS. The third-order valence-electron chi connectivity index (χ3n) is 4.41. The maximum Gasteiger partial charge on any atom is 0.227 e. The number of rotatable bonds is 7. The average molecular weight is 510 g/mol. The van der Waals surface area contributed by atoms with Crippen molar-refractivity contribution in [3.05, 3.63) is 60.2 Å². The van der Waals surface area contributed by atoms with E-state index in [1.54, 1.807) is 7.05 Å². The van der Waals surface area contributed by atoms with Gasteiger partial charge >= 0.3 is 0 Å².